The largest absolute Gasteiger partial charge is 0.466 e. The van der Waals surface area contributed by atoms with Crippen molar-refractivity contribution in [1.82, 2.24) is 4.90 Å². The van der Waals surface area contributed by atoms with E-state index in [2.05, 4.69) is 0 Å². The molecule has 1 aliphatic heterocycles. The van der Waals surface area contributed by atoms with Crippen molar-refractivity contribution < 1.29 is 18.7 Å². The van der Waals surface area contributed by atoms with Gasteiger partial charge in [0, 0.05) is 13.1 Å². The minimum atomic E-state index is -0.214. The summed E-state index contributed by atoms with van der Waals surface area (Å²) in [7, 11) is 0. The van der Waals surface area contributed by atoms with E-state index >= 15 is 0 Å². The number of likely N-dealkylation sites (tertiary alicyclic amines) is 1. The molecule has 1 fully saturated rings. The van der Waals surface area contributed by atoms with Gasteiger partial charge in [-0.25, -0.2) is 0 Å². The zero-order chi connectivity index (χ0) is 13.8. The van der Waals surface area contributed by atoms with E-state index in [0.29, 0.717) is 31.2 Å². The third-order valence-electron chi connectivity index (χ3n) is 3.28. The fourth-order valence-electron chi connectivity index (χ4n) is 2.32. The van der Waals surface area contributed by atoms with Crippen LogP contribution in [0.1, 0.15) is 36.1 Å². The summed E-state index contributed by atoms with van der Waals surface area (Å²) in [6.45, 7) is 5.04. The highest BCUT2D eigenvalue weighted by atomic mass is 16.5. The predicted molar refractivity (Wildman–Crippen MR) is 68.7 cm³/mol. The molecule has 5 nitrogen and oxygen atoms in total. The Bertz CT molecular complexity index is 466. The number of carbonyl (C=O) groups excluding carboxylic acids is 2. The van der Waals surface area contributed by atoms with Crippen LogP contribution in [0.2, 0.25) is 0 Å². The van der Waals surface area contributed by atoms with Gasteiger partial charge in [0.25, 0.3) is 5.91 Å². The van der Waals surface area contributed by atoms with Crippen LogP contribution >= 0.6 is 0 Å². The average Bonchev–Trinajstić information content (AvgIpc) is 2.85. The average molecular weight is 265 g/mol. The van der Waals surface area contributed by atoms with Crippen LogP contribution in [-0.2, 0) is 9.53 Å². The van der Waals surface area contributed by atoms with E-state index in [-0.39, 0.29) is 17.8 Å². The lowest BCUT2D eigenvalue weighted by atomic mass is 9.98. The summed E-state index contributed by atoms with van der Waals surface area (Å²) in [4.78, 5) is 25.6. The Balaban J connectivity index is 2.01. The maximum Gasteiger partial charge on any atom is 0.310 e. The van der Waals surface area contributed by atoms with Crippen LogP contribution in [0.25, 0.3) is 0 Å². The number of furan rings is 1. The van der Waals surface area contributed by atoms with Crippen molar-refractivity contribution in [3.05, 3.63) is 23.7 Å². The van der Waals surface area contributed by atoms with E-state index in [0.717, 1.165) is 12.8 Å². The molecule has 1 aromatic rings. The van der Waals surface area contributed by atoms with Crippen molar-refractivity contribution in [1.29, 1.82) is 0 Å². The maximum atomic E-state index is 12.2. The number of rotatable bonds is 3. The Labute approximate surface area is 112 Å². The second-order valence-corrected chi connectivity index (χ2v) is 4.75. The van der Waals surface area contributed by atoms with Crippen LogP contribution in [0.5, 0.6) is 0 Å². The molecule has 0 saturated carbocycles. The van der Waals surface area contributed by atoms with Gasteiger partial charge in [-0.15, -0.1) is 0 Å². The maximum absolute atomic E-state index is 12.2. The summed E-state index contributed by atoms with van der Waals surface area (Å²) in [5.74, 6) is 0.468. The Hall–Kier alpha value is -1.78. The van der Waals surface area contributed by atoms with Crippen molar-refractivity contribution in [3.8, 4) is 0 Å². The monoisotopic (exact) mass is 265 g/mol. The van der Waals surface area contributed by atoms with Crippen LogP contribution < -0.4 is 0 Å². The smallest absolute Gasteiger partial charge is 0.310 e. The molecule has 19 heavy (non-hydrogen) atoms. The van der Waals surface area contributed by atoms with Gasteiger partial charge >= 0.3 is 5.97 Å². The first-order valence-electron chi connectivity index (χ1n) is 6.64. The summed E-state index contributed by atoms with van der Waals surface area (Å²) < 4.78 is 10.4. The minimum Gasteiger partial charge on any atom is -0.466 e. The molecular formula is C14H19NO4. The van der Waals surface area contributed by atoms with E-state index in [1.165, 1.54) is 0 Å². The molecule has 0 N–H and O–H groups in total. The molecule has 1 aromatic heterocycles. The lowest BCUT2D eigenvalue weighted by Gasteiger charge is -2.30. The number of ether oxygens (including phenoxy) is 1. The Morgan fingerprint density at radius 2 is 2.26 bits per heavy atom. The van der Waals surface area contributed by atoms with E-state index in [9.17, 15) is 9.59 Å². The topological polar surface area (TPSA) is 59.8 Å². The number of nitrogens with zero attached hydrogens (tertiary/aromatic N) is 1. The van der Waals surface area contributed by atoms with Crippen molar-refractivity contribution >= 4 is 11.9 Å². The molecule has 1 amide bonds. The quantitative estimate of drug-likeness (QED) is 0.784. The molecule has 0 spiro atoms. The van der Waals surface area contributed by atoms with Gasteiger partial charge in [0.05, 0.1) is 12.5 Å². The summed E-state index contributed by atoms with van der Waals surface area (Å²) in [5.41, 5.74) is 0. The molecule has 0 unspecified atom stereocenters. The fraction of sp³-hybridized carbons (Fsp3) is 0.571. The van der Waals surface area contributed by atoms with Gasteiger partial charge in [-0.2, -0.15) is 0 Å². The fourth-order valence-corrected chi connectivity index (χ4v) is 2.32. The number of piperidine rings is 1. The number of amides is 1. The summed E-state index contributed by atoms with van der Waals surface area (Å²) in [6, 6.07) is 3.44. The van der Waals surface area contributed by atoms with Crippen LogP contribution in [-0.4, -0.2) is 36.5 Å². The standard InChI is InChI=1S/C14H19NO4/c1-3-18-14(17)11-5-4-8-15(9-11)13(16)12-7-6-10(2)19-12/h6-7,11H,3-5,8-9H2,1-2H3/t11-/m1/s1. The third-order valence-corrected chi connectivity index (χ3v) is 3.28. The molecule has 2 rings (SSSR count). The predicted octanol–water partition coefficient (Wildman–Crippen LogP) is 2.00. The van der Waals surface area contributed by atoms with Crippen LogP contribution in [0.15, 0.2) is 16.5 Å². The Kier molecular flexibility index (Phi) is 4.24. The first kappa shape index (κ1) is 13.6. The van der Waals surface area contributed by atoms with Crippen molar-refractivity contribution in [2.24, 2.45) is 5.92 Å². The molecule has 0 radical (unpaired) electrons. The number of carbonyl (C=O) groups is 2. The van der Waals surface area contributed by atoms with E-state index < -0.39 is 0 Å². The molecule has 0 aromatic carbocycles. The number of hydrogen-bond acceptors (Lipinski definition) is 4. The van der Waals surface area contributed by atoms with Crippen LogP contribution in [0.4, 0.5) is 0 Å². The zero-order valence-electron chi connectivity index (χ0n) is 11.3. The first-order valence-corrected chi connectivity index (χ1v) is 6.64. The normalized spacial score (nSPS) is 19.3. The molecule has 1 atom stereocenters. The van der Waals surface area contributed by atoms with Gasteiger partial charge in [0.2, 0.25) is 0 Å². The molecule has 5 heteroatoms. The Morgan fingerprint density at radius 1 is 1.47 bits per heavy atom. The van der Waals surface area contributed by atoms with Gasteiger partial charge in [-0.3, -0.25) is 9.59 Å². The van der Waals surface area contributed by atoms with E-state index in [4.69, 9.17) is 9.15 Å². The highest BCUT2D eigenvalue weighted by Gasteiger charge is 2.30. The SMILES string of the molecule is CCOC(=O)[C@@H]1CCCN(C(=O)c2ccc(C)o2)C1. The van der Waals surface area contributed by atoms with E-state index in [1.807, 2.05) is 0 Å². The second-order valence-electron chi connectivity index (χ2n) is 4.75. The van der Waals surface area contributed by atoms with Gasteiger partial charge in [0.1, 0.15) is 5.76 Å². The lowest BCUT2D eigenvalue weighted by Crippen LogP contribution is -2.42. The summed E-state index contributed by atoms with van der Waals surface area (Å²) in [6.07, 6.45) is 1.59. The molecule has 2 heterocycles. The summed E-state index contributed by atoms with van der Waals surface area (Å²) >= 11 is 0. The van der Waals surface area contributed by atoms with Gasteiger partial charge in [0.15, 0.2) is 5.76 Å². The highest BCUT2D eigenvalue weighted by molar-refractivity contribution is 5.92. The van der Waals surface area contributed by atoms with Crippen molar-refractivity contribution in [2.45, 2.75) is 26.7 Å². The third kappa shape index (κ3) is 3.16. The first-order chi connectivity index (χ1) is 9.11. The lowest BCUT2D eigenvalue weighted by molar-refractivity contribution is -0.149. The van der Waals surface area contributed by atoms with Crippen LogP contribution in [0.3, 0.4) is 0 Å². The molecule has 0 aliphatic carbocycles. The summed E-state index contributed by atoms with van der Waals surface area (Å²) in [5, 5.41) is 0. The van der Waals surface area contributed by atoms with Gasteiger partial charge in [-0.1, -0.05) is 0 Å². The molecule has 1 aliphatic rings. The second kappa shape index (κ2) is 5.91. The number of hydrogen-bond donors (Lipinski definition) is 0. The molecule has 1 saturated heterocycles. The number of aryl methyl sites for hydroxylation is 1. The van der Waals surface area contributed by atoms with Crippen molar-refractivity contribution in [3.63, 3.8) is 0 Å². The zero-order valence-corrected chi connectivity index (χ0v) is 11.3. The number of esters is 1. The molecular weight excluding hydrogens is 246 g/mol. The van der Waals surface area contributed by atoms with Gasteiger partial charge < -0.3 is 14.1 Å². The van der Waals surface area contributed by atoms with E-state index in [1.54, 1.807) is 30.9 Å². The molecule has 104 valence electrons. The van der Waals surface area contributed by atoms with Gasteiger partial charge in [-0.05, 0) is 38.8 Å². The minimum absolute atomic E-state index is 0.151. The highest BCUT2D eigenvalue weighted by Crippen LogP contribution is 2.20. The van der Waals surface area contributed by atoms with Crippen LogP contribution in [0, 0.1) is 12.8 Å². The Morgan fingerprint density at radius 3 is 2.89 bits per heavy atom. The van der Waals surface area contributed by atoms with Crippen molar-refractivity contribution in [2.75, 3.05) is 19.7 Å². The molecule has 0 bridgehead atoms.